The van der Waals surface area contributed by atoms with Crippen molar-refractivity contribution in [3.8, 4) is 11.1 Å². The summed E-state index contributed by atoms with van der Waals surface area (Å²) in [5.41, 5.74) is 4.84. The summed E-state index contributed by atoms with van der Waals surface area (Å²) in [5, 5.41) is 0.561. The van der Waals surface area contributed by atoms with Crippen LogP contribution in [-0.4, -0.2) is 27.9 Å². The topological polar surface area (TPSA) is 61.2 Å². The Labute approximate surface area is 167 Å². The number of rotatable bonds is 3. The standard InChI is InChI=1S/C22H22N2O3S/c1-5-27-22(26)18-10-24-14(4)11-28-21-16(6-7-17(19(21)24)20(18)25)15-8-12(2)23-13(3)9-15/h6-10,14H,5,11H2,1-4H3/t14-/m0/s1. The van der Waals surface area contributed by atoms with E-state index in [1.54, 1.807) is 24.9 Å². The average Bonchev–Trinajstić information content (AvgIpc) is 2.65. The third-order valence-corrected chi connectivity index (χ3v) is 6.33. The van der Waals surface area contributed by atoms with Gasteiger partial charge in [0.15, 0.2) is 0 Å². The van der Waals surface area contributed by atoms with Crippen molar-refractivity contribution in [2.75, 3.05) is 12.4 Å². The number of carbonyl (C=O) groups excluding carboxylic acids is 1. The molecule has 0 radical (unpaired) electrons. The van der Waals surface area contributed by atoms with Crippen molar-refractivity contribution in [3.63, 3.8) is 0 Å². The highest BCUT2D eigenvalue weighted by atomic mass is 32.2. The van der Waals surface area contributed by atoms with Crippen molar-refractivity contribution in [1.82, 2.24) is 9.55 Å². The van der Waals surface area contributed by atoms with Gasteiger partial charge in [0.05, 0.1) is 12.1 Å². The van der Waals surface area contributed by atoms with Crippen LogP contribution in [0.3, 0.4) is 0 Å². The summed E-state index contributed by atoms with van der Waals surface area (Å²) < 4.78 is 7.15. The normalized spacial score (nSPS) is 15.6. The van der Waals surface area contributed by atoms with Crippen molar-refractivity contribution in [2.45, 2.75) is 38.6 Å². The Hall–Kier alpha value is -2.60. The van der Waals surface area contributed by atoms with E-state index >= 15 is 0 Å². The van der Waals surface area contributed by atoms with Crippen LogP contribution in [0.5, 0.6) is 0 Å². The average molecular weight is 394 g/mol. The molecule has 0 aliphatic carbocycles. The van der Waals surface area contributed by atoms with E-state index in [1.807, 2.05) is 26.0 Å². The van der Waals surface area contributed by atoms with Gasteiger partial charge in [-0.3, -0.25) is 9.78 Å². The molecule has 0 N–H and O–H groups in total. The molecule has 6 heteroatoms. The first-order valence-electron chi connectivity index (χ1n) is 9.38. The minimum Gasteiger partial charge on any atom is -0.462 e. The van der Waals surface area contributed by atoms with Gasteiger partial charge in [0.1, 0.15) is 5.56 Å². The van der Waals surface area contributed by atoms with E-state index in [1.165, 1.54) is 0 Å². The SMILES string of the molecule is CCOC(=O)c1cn2c3c(c(-c4cc(C)nc(C)c4)ccc3c1=O)SC[C@@H]2C. The molecule has 0 unspecified atom stereocenters. The Morgan fingerprint density at radius 1 is 1.29 bits per heavy atom. The van der Waals surface area contributed by atoms with E-state index in [0.717, 1.165) is 38.7 Å². The number of esters is 1. The van der Waals surface area contributed by atoms with E-state index in [4.69, 9.17) is 4.74 Å². The first-order chi connectivity index (χ1) is 13.4. The highest BCUT2D eigenvalue weighted by molar-refractivity contribution is 7.99. The lowest BCUT2D eigenvalue weighted by Gasteiger charge is -2.27. The summed E-state index contributed by atoms with van der Waals surface area (Å²) in [6.45, 7) is 8.05. The van der Waals surface area contributed by atoms with Crippen LogP contribution in [0, 0.1) is 13.8 Å². The van der Waals surface area contributed by atoms with Crippen LogP contribution < -0.4 is 5.43 Å². The van der Waals surface area contributed by atoms with Gasteiger partial charge in [-0.05, 0) is 57.0 Å². The molecule has 3 heterocycles. The number of carbonyl (C=O) groups is 1. The van der Waals surface area contributed by atoms with E-state index in [9.17, 15) is 9.59 Å². The van der Waals surface area contributed by atoms with Crippen LogP contribution in [-0.2, 0) is 4.74 Å². The molecule has 0 fully saturated rings. The Morgan fingerprint density at radius 2 is 2.00 bits per heavy atom. The lowest BCUT2D eigenvalue weighted by Crippen LogP contribution is -2.24. The van der Waals surface area contributed by atoms with Crippen molar-refractivity contribution in [3.05, 3.63) is 57.6 Å². The van der Waals surface area contributed by atoms with Gasteiger partial charge in [-0.15, -0.1) is 11.8 Å². The number of pyridine rings is 2. The second-order valence-electron chi connectivity index (χ2n) is 7.14. The van der Waals surface area contributed by atoms with Gasteiger partial charge in [-0.25, -0.2) is 4.79 Å². The van der Waals surface area contributed by atoms with Crippen LogP contribution in [0.1, 0.15) is 41.6 Å². The van der Waals surface area contributed by atoms with Crippen molar-refractivity contribution >= 4 is 28.6 Å². The molecule has 0 bridgehead atoms. The summed E-state index contributed by atoms with van der Waals surface area (Å²) in [7, 11) is 0. The fourth-order valence-corrected chi connectivity index (χ4v) is 5.03. The molecule has 0 saturated heterocycles. The molecule has 1 aromatic carbocycles. The fraction of sp³-hybridized carbons (Fsp3) is 0.318. The molecular weight excluding hydrogens is 372 g/mol. The third kappa shape index (κ3) is 3.02. The maximum atomic E-state index is 13.0. The molecule has 1 atom stereocenters. The molecule has 28 heavy (non-hydrogen) atoms. The monoisotopic (exact) mass is 394 g/mol. The lowest BCUT2D eigenvalue weighted by molar-refractivity contribution is 0.0524. The predicted octanol–water partition coefficient (Wildman–Crippen LogP) is 4.52. The van der Waals surface area contributed by atoms with Crippen LogP contribution >= 0.6 is 11.8 Å². The Bertz CT molecular complexity index is 1150. The zero-order valence-corrected chi connectivity index (χ0v) is 17.2. The van der Waals surface area contributed by atoms with Gasteiger partial charge in [0.2, 0.25) is 5.43 Å². The first kappa shape index (κ1) is 18.7. The maximum Gasteiger partial charge on any atom is 0.343 e. The molecule has 0 amide bonds. The second kappa shape index (κ2) is 7.09. The number of aryl methyl sites for hydroxylation is 2. The molecule has 4 rings (SSSR count). The summed E-state index contributed by atoms with van der Waals surface area (Å²) >= 11 is 1.76. The number of nitrogens with zero attached hydrogens (tertiary/aromatic N) is 2. The Balaban J connectivity index is 2.03. The van der Waals surface area contributed by atoms with Crippen LogP contribution in [0.25, 0.3) is 22.0 Å². The molecule has 0 saturated carbocycles. The quantitative estimate of drug-likeness (QED) is 0.611. The van der Waals surface area contributed by atoms with E-state index in [-0.39, 0.29) is 23.6 Å². The first-order valence-corrected chi connectivity index (χ1v) is 10.4. The van der Waals surface area contributed by atoms with Crippen LogP contribution in [0.15, 0.2) is 40.2 Å². The largest absolute Gasteiger partial charge is 0.462 e. The molecule has 3 aromatic rings. The van der Waals surface area contributed by atoms with Gasteiger partial charge >= 0.3 is 5.97 Å². The van der Waals surface area contributed by atoms with Gasteiger partial charge in [-0.2, -0.15) is 0 Å². The Morgan fingerprint density at radius 3 is 2.68 bits per heavy atom. The van der Waals surface area contributed by atoms with Gasteiger partial charge in [0.25, 0.3) is 0 Å². The zero-order chi connectivity index (χ0) is 20.0. The van der Waals surface area contributed by atoms with Crippen LogP contribution in [0.4, 0.5) is 0 Å². The minimum atomic E-state index is -0.561. The number of benzene rings is 1. The number of thioether (sulfide) groups is 1. The maximum absolute atomic E-state index is 13.0. The van der Waals surface area contributed by atoms with Gasteiger partial charge < -0.3 is 9.30 Å². The molecular formula is C22H22N2O3S. The van der Waals surface area contributed by atoms with Gasteiger partial charge in [0, 0.05) is 39.7 Å². The number of hydrogen-bond donors (Lipinski definition) is 0. The highest BCUT2D eigenvalue weighted by Crippen LogP contribution is 2.42. The molecule has 1 aliphatic heterocycles. The van der Waals surface area contributed by atoms with Crippen molar-refractivity contribution in [2.24, 2.45) is 0 Å². The fourth-order valence-electron chi connectivity index (χ4n) is 3.77. The Kier molecular flexibility index (Phi) is 4.75. The van der Waals surface area contributed by atoms with Crippen molar-refractivity contribution < 1.29 is 9.53 Å². The van der Waals surface area contributed by atoms with Crippen molar-refractivity contribution in [1.29, 1.82) is 0 Å². The summed E-state index contributed by atoms with van der Waals surface area (Å²) in [6, 6.07) is 8.12. The molecule has 0 spiro atoms. The molecule has 2 aromatic heterocycles. The van der Waals surface area contributed by atoms with Gasteiger partial charge in [-0.1, -0.05) is 6.07 Å². The lowest BCUT2D eigenvalue weighted by atomic mass is 10.0. The third-order valence-electron chi connectivity index (χ3n) is 4.98. The summed E-state index contributed by atoms with van der Waals surface area (Å²) in [6.07, 6.45) is 1.67. The number of ether oxygens (including phenoxy) is 1. The molecule has 144 valence electrons. The van der Waals surface area contributed by atoms with E-state index in [0.29, 0.717) is 5.39 Å². The minimum absolute atomic E-state index is 0.0994. The predicted molar refractivity (Wildman–Crippen MR) is 112 cm³/mol. The smallest absolute Gasteiger partial charge is 0.343 e. The molecule has 1 aliphatic rings. The zero-order valence-electron chi connectivity index (χ0n) is 16.4. The summed E-state index contributed by atoms with van der Waals surface area (Å²) in [4.78, 5) is 30.9. The molecule has 5 nitrogen and oxygen atoms in total. The van der Waals surface area contributed by atoms with E-state index < -0.39 is 5.97 Å². The van der Waals surface area contributed by atoms with E-state index in [2.05, 4.69) is 28.6 Å². The second-order valence-corrected chi connectivity index (χ2v) is 8.17. The number of hydrogen-bond acceptors (Lipinski definition) is 5. The summed E-state index contributed by atoms with van der Waals surface area (Å²) in [5.74, 6) is 0.308. The van der Waals surface area contributed by atoms with Crippen LogP contribution in [0.2, 0.25) is 0 Å². The highest BCUT2D eigenvalue weighted by Gasteiger charge is 2.26. The number of aromatic nitrogens is 2.